The highest BCUT2D eigenvalue weighted by molar-refractivity contribution is 6.15. The standard InChI is InChI=1S/C28H26NO/c1-18-22(26-17-21(15-16-29(26)2)19-7-3-4-8-19)13-14-24-25-12-11-20-9-5-6-10-23(20)28(25)30-27(18)24/h5-6,9-17,19H,3-4,7-8H2,1-2H3/q+1. The molecular formula is C28H26NO+. The average Bonchev–Trinajstić information content (AvgIpc) is 3.43. The first-order valence-electron chi connectivity index (χ1n) is 11.0. The Morgan fingerprint density at radius 2 is 1.60 bits per heavy atom. The van der Waals surface area contributed by atoms with Gasteiger partial charge in [0.2, 0.25) is 5.69 Å². The first-order valence-corrected chi connectivity index (χ1v) is 11.0. The van der Waals surface area contributed by atoms with Gasteiger partial charge in [-0.2, -0.15) is 0 Å². The number of rotatable bonds is 2. The second-order valence-corrected chi connectivity index (χ2v) is 8.82. The highest BCUT2D eigenvalue weighted by Crippen LogP contribution is 2.39. The molecule has 2 heteroatoms. The van der Waals surface area contributed by atoms with E-state index in [2.05, 4.69) is 85.4 Å². The summed E-state index contributed by atoms with van der Waals surface area (Å²) in [5.74, 6) is 0.714. The maximum Gasteiger partial charge on any atom is 0.212 e. The van der Waals surface area contributed by atoms with Crippen LogP contribution in [-0.4, -0.2) is 0 Å². The summed E-state index contributed by atoms with van der Waals surface area (Å²) in [5, 5.41) is 4.80. The van der Waals surface area contributed by atoms with E-state index >= 15 is 0 Å². The number of aromatic nitrogens is 1. The zero-order valence-corrected chi connectivity index (χ0v) is 17.6. The van der Waals surface area contributed by atoms with Gasteiger partial charge in [-0.3, -0.25) is 0 Å². The van der Waals surface area contributed by atoms with Crippen molar-refractivity contribution in [1.82, 2.24) is 0 Å². The van der Waals surface area contributed by atoms with Crippen LogP contribution in [0.5, 0.6) is 0 Å². The van der Waals surface area contributed by atoms with Gasteiger partial charge in [-0.05, 0) is 54.8 Å². The molecular weight excluding hydrogens is 366 g/mol. The fourth-order valence-electron chi connectivity index (χ4n) is 5.35. The van der Waals surface area contributed by atoms with Crippen LogP contribution in [0.25, 0.3) is 44.0 Å². The topological polar surface area (TPSA) is 17.0 Å². The molecule has 0 amide bonds. The summed E-state index contributed by atoms with van der Waals surface area (Å²) < 4.78 is 8.76. The van der Waals surface area contributed by atoms with E-state index in [1.165, 1.54) is 69.6 Å². The van der Waals surface area contributed by atoms with E-state index in [4.69, 9.17) is 4.42 Å². The number of aryl methyl sites for hydroxylation is 2. The van der Waals surface area contributed by atoms with Crippen molar-refractivity contribution >= 4 is 32.7 Å². The third kappa shape index (κ3) is 2.60. The Labute approximate surface area is 176 Å². The monoisotopic (exact) mass is 392 g/mol. The molecule has 1 fully saturated rings. The van der Waals surface area contributed by atoms with Crippen LogP contribution in [0.4, 0.5) is 0 Å². The molecule has 2 nitrogen and oxygen atoms in total. The second kappa shape index (κ2) is 6.70. The number of fused-ring (bicyclic) bond motifs is 5. The van der Waals surface area contributed by atoms with Gasteiger partial charge in [0.05, 0.1) is 5.56 Å². The average molecular weight is 393 g/mol. The normalized spacial score (nSPS) is 15.0. The van der Waals surface area contributed by atoms with Crippen molar-refractivity contribution in [2.24, 2.45) is 7.05 Å². The van der Waals surface area contributed by atoms with Gasteiger partial charge in [0.15, 0.2) is 6.20 Å². The van der Waals surface area contributed by atoms with E-state index in [0.717, 1.165) is 11.2 Å². The molecule has 148 valence electrons. The third-order valence-corrected chi connectivity index (χ3v) is 7.06. The zero-order chi connectivity index (χ0) is 20.2. The molecule has 2 aromatic heterocycles. The zero-order valence-electron chi connectivity index (χ0n) is 17.6. The Morgan fingerprint density at radius 3 is 2.47 bits per heavy atom. The van der Waals surface area contributed by atoms with E-state index in [0.29, 0.717) is 5.92 Å². The van der Waals surface area contributed by atoms with Crippen molar-refractivity contribution in [1.29, 1.82) is 0 Å². The molecule has 3 aromatic carbocycles. The summed E-state index contributed by atoms with van der Waals surface area (Å²) in [6.07, 6.45) is 7.58. The highest BCUT2D eigenvalue weighted by Gasteiger charge is 2.23. The molecule has 6 rings (SSSR count). The van der Waals surface area contributed by atoms with Crippen molar-refractivity contribution in [3.63, 3.8) is 0 Å². The van der Waals surface area contributed by atoms with Crippen LogP contribution in [0.3, 0.4) is 0 Å². The molecule has 0 bridgehead atoms. The van der Waals surface area contributed by atoms with Gasteiger partial charge in [-0.15, -0.1) is 0 Å². The van der Waals surface area contributed by atoms with Gasteiger partial charge < -0.3 is 4.42 Å². The number of nitrogens with zero attached hydrogens (tertiary/aromatic N) is 1. The summed E-state index contributed by atoms with van der Waals surface area (Å²) in [7, 11) is 2.14. The van der Waals surface area contributed by atoms with Crippen LogP contribution >= 0.6 is 0 Å². The van der Waals surface area contributed by atoms with Crippen molar-refractivity contribution in [3.8, 4) is 11.3 Å². The van der Waals surface area contributed by atoms with Crippen LogP contribution in [0.2, 0.25) is 0 Å². The minimum atomic E-state index is 0.714. The minimum Gasteiger partial charge on any atom is -0.455 e. The Kier molecular flexibility index (Phi) is 3.95. The van der Waals surface area contributed by atoms with Gasteiger partial charge in [0.25, 0.3) is 0 Å². The lowest BCUT2D eigenvalue weighted by atomic mass is 9.95. The molecule has 0 N–H and O–H groups in total. The van der Waals surface area contributed by atoms with E-state index < -0.39 is 0 Å². The Morgan fingerprint density at radius 1 is 0.833 bits per heavy atom. The second-order valence-electron chi connectivity index (χ2n) is 8.82. The summed E-state index contributed by atoms with van der Waals surface area (Å²) >= 11 is 0. The molecule has 2 heterocycles. The Bertz CT molecular complexity index is 1420. The van der Waals surface area contributed by atoms with E-state index in [1.807, 2.05) is 0 Å². The van der Waals surface area contributed by atoms with E-state index in [1.54, 1.807) is 0 Å². The number of benzene rings is 3. The molecule has 0 unspecified atom stereocenters. The molecule has 30 heavy (non-hydrogen) atoms. The molecule has 0 saturated heterocycles. The fourth-order valence-corrected chi connectivity index (χ4v) is 5.35. The predicted octanol–water partition coefficient (Wildman–Crippen LogP) is 7.20. The lowest BCUT2D eigenvalue weighted by Gasteiger charge is -2.11. The molecule has 1 aliphatic rings. The van der Waals surface area contributed by atoms with E-state index in [-0.39, 0.29) is 0 Å². The molecule has 1 aliphatic carbocycles. The van der Waals surface area contributed by atoms with Gasteiger partial charge in [-0.1, -0.05) is 43.2 Å². The lowest BCUT2D eigenvalue weighted by molar-refractivity contribution is -0.660. The first-order chi connectivity index (χ1) is 14.7. The minimum absolute atomic E-state index is 0.714. The van der Waals surface area contributed by atoms with Crippen LogP contribution in [0.1, 0.15) is 42.7 Å². The van der Waals surface area contributed by atoms with Crippen molar-refractivity contribution in [2.75, 3.05) is 0 Å². The lowest BCUT2D eigenvalue weighted by Crippen LogP contribution is -2.31. The maximum absolute atomic E-state index is 6.52. The van der Waals surface area contributed by atoms with Crippen LogP contribution in [-0.2, 0) is 7.05 Å². The number of furan rings is 1. The third-order valence-electron chi connectivity index (χ3n) is 7.06. The predicted molar refractivity (Wildman–Crippen MR) is 124 cm³/mol. The molecule has 5 aromatic rings. The molecule has 1 saturated carbocycles. The van der Waals surface area contributed by atoms with Crippen molar-refractivity contribution in [2.45, 2.75) is 38.5 Å². The summed E-state index contributed by atoms with van der Waals surface area (Å²) in [6, 6.07) is 22.1. The molecule has 0 radical (unpaired) electrons. The van der Waals surface area contributed by atoms with Gasteiger partial charge in [-0.25, -0.2) is 4.57 Å². The van der Waals surface area contributed by atoms with Crippen LogP contribution in [0, 0.1) is 6.92 Å². The summed E-state index contributed by atoms with van der Waals surface area (Å²) in [5.41, 5.74) is 7.22. The van der Waals surface area contributed by atoms with E-state index in [9.17, 15) is 0 Å². The quantitative estimate of drug-likeness (QED) is 0.290. The largest absolute Gasteiger partial charge is 0.455 e. The number of hydrogen-bond acceptors (Lipinski definition) is 1. The Balaban J connectivity index is 1.58. The number of pyridine rings is 1. The highest BCUT2D eigenvalue weighted by atomic mass is 16.3. The Hall–Kier alpha value is -3.13. The van der Waals surface area contributed by atoms with Gasteiger partial charge >= 0.3 is 0 Å². The van der Waals surface area contributed by atoms with Gasteiger partial charge in [0.1, 0.15) is 18.2 Å². The SMILES string of the molecule is Cc1c(-c2cc(C3CCCC3)cc[n+]2C)ccc2c1oc1c3ccccc3ccc21. The summed E-state index contributed by atoms with van der Waals surface area (Å²) in [6.45, 7) is 2.20. The maximum atomic E-state index is 6.52. The van der Waals surface area contributed by atoms with Crippen molar-refractivity contribution < 1.29 is 8.98 Å². The fraction of sp³-hybridized carbons (Fsp3) is 0.250. The number of hydrogen-bond donors (Lipinski definition) is 0. The first kappa shape index (κ1) is 17.7. The smallest absolute Gasteiger partial charge is 0.212 e. The van der Waals surface area contributed by atoms with Gasteiger partial charge in [0, 0.05) is 33.9 Å². The van der Waals surface area contributed by atoms with Crippen LogP contribution in [0.15, 0.2) is 71.3 Å². The molecule has 0 atom stereocenters. The summed E-state index contributed by atoms with van der Waals surface area (Å²) in [4.78, 5) is 0. The van der Waals surface area contributed by atoms with Crippen molar-refractivity contribution in [3.05, 3.63) is 78.0 Å². The molecule has 0 aliphatic heterocycles. The molecule has 0 spiro atoms. The van der Waals surface area contributed by atoms with Crippen LogP contribution < -0.4 is 4.57 Å².